The number of fused-ring (bicyclic) bond motifs is 1. The standard InChI is InChI=1S/C32H25NO5S/c1-2-23-17-19-26(20-18-23)39(36,37)33(31(34)24-11-5-3-6-12-24)29-21-22-30(28-16-10-9-15-27(28)29)38-32(35)25-13-7-4-8-14-25/h3-22H,2H2,1H3. The first kappa shape index (κ1) is 25.9. The maximum absolute atomic E-state index is 14.1. The third kappa shape index (κ3) is 5.17. The largest absolute Gasteiger partial charge is 0.422 e. The van der Waals surface area contributed by atoms with Crippen LogP contribution >= 0.6 is 0 Å². The van der Waals surface area contributed by atoms with Crippen molar-refractivity contribution in [2.45, 2.75) is 18.2 Å². The molecule has 0 aliphatic carbocycles. The van der Waals surface area contributed by atoms with Gasteiger partial charge in [0.05, 0.1) is 16.1 Å². The second kappa shape index (κ2) is 10.9. The van der Waals surface area contributed by atoms with Crippen LogP contribution in [-0.2, 0) is 16.4 Å². The zero-order chi connectivity index (χ0) is 27.4. The molecule has 6 nitrogen and oxygen atoms in total. The van der Waals surface area contributed by atoms with Crippen LogP contribution in [0.4, 0.5) is 5.69 Å². The number of hydrogen-bond acceptors (Lipinski definition) is 5. The van der Waals surface area contributed by atoms with E-state index in [1.807, 2.05) is 6.92 Å². The summed E-state index contributed by atoms with van der Waals surface area (Å²) in [6.45, 7) is 1.98. The summed E-state index contributed by atoms with van der Waals surface area (Å²) >= 11 is 0. The van der Waals surface area contributed by atoms with Crippen LogP contribution in [-0.4, -0.2) is 20.3 Å². The number of esters is 1. The molecule has 39 heavy (non-hydrogen) atoms. The molecule has 7 heteroatoms. The normalized spacial score (nSPS) is 11.2. The summed E-state index contributed by atoms with van der Waals surface area (Å²) < 4.78 is 34.6. The molecule has 5 rings (SSSR count). The number of carbonyl (C=O) groups is 2. The number of ether oxygens (including phenoxy) is 1. The van der Waals surface area contributed by atoms with Crippen LogP contribution in [0.5, 0.6) is 5.75 Å². The average Bonchev–Trinajstić information content (AvgIpc) is 2.99. The van der Waals surface area contributed by atoms with E-state index in [0.29, 0.717) is 16.3 Å². The Balaban J connectivity index is 1.66. The lowest BCUT2D eigenvalue weighted by Gasteiger charge is -2.25. The van der Waals surface area contributed by atoms with Crippen LogP contribution in [0.3, 0.4) is 0 Å². The molecule has 0 saturated carbocycles. The predicted octanol–water partition coefficient (Wildman–Crippen LogP) is 6.66. The lowest BCUT2D eigenvalue weighted by atomic mass is 10.1. The van der Waals surface area contributed by atoms with Gasteiger partial charge < -0.3 is 4.74 Å². The Morgan fingerprint density at radius 2 is 1.23 bits per heavy atom. The van der Waals surface area contributed by atoms with Gasteiger partial charge in [-0.05, 0) is 60.5 Å². The van der Waals surface area contributed by atoms with E-state index in [9.17, 15) is 18.0 Å². The Morgan fingerprint density at radius 3 is 1.85 bits per heavy atom. The lowest BCUT2D eigenvalue weighted by molar-refractivity contribution is 0.0736. The van der Waals surface area contributed by atoms with Crippen molar-refractivity contribution in [3.8, 4) is 5.75 Å². The van der Waals surface area contributed by atoms with Gasteiger partial charge in [0.1, 0.15) is 5.75 Å². The highest BCUT2D eigenvalue weighted by atomic mass is 32.2. The van der Waals surface area contributed by atoms with E-state index < -0.39 is 21.9 Å². The van der Waals surface area contributed by atoms with E-state index in [2.05, 4.69) is 0 Å². The van der Waals surface area contributed by atoms with Crippen molar-refractivity contribution in [3.63, 3.8) is 0 Å². The minimum atomic E-state index is -4.32. The zero-order valence-corrected chi connectivity index (χ0v) is 22.0. The summed E-state index contributed by atoms with van der Waals surface area (Å²) in [6, 6.07) is 33.3. The molecule has 5 aromatic carbocycles. The number of rotatable bonds is 7. The lowest BCUT2D eigenvalue weighted by Crippen LogP contribution is -2.37. The molecule has 5 aromatic rings. The van der Waals surface area contributed by atoms with Gasteiger partial charge in [0.2, 0.25) is 0 Å². The van der Waals surface area contributed by atoms with Gasteiger partial charge in [0.15, 0.2) is 0 Å². The van der Waals surface area contributed by atoms with Crippen molar-refractivity contribution in [3.05, 3.63) is 138 Å². The van der Waals surface area contributed by atoms with Crippen LogP contribution in [0.1, 0.15) is 33.2 Å². The highest BCUT2D eigenvalue weighted by molar-refractivity contribution is 7.93. The molecule has 0 aromatic heterocycles. The minimum absolute atomic E-state index is 0.00681. The summed E-state index contributed by atoms with van der Waals surface area (Å²) in [5.41, 5.74) is 1.73. The Labute approximate surface area is 227 Å². The van der Waals surface area contributed by atoms with Gasteiger partial charge in [-0.15, -0.1) is 0 Å². The van der Waals surface area contributed by atoms with Crippen molar-refractivity contribution in [2.75, 3.05) is 4.31 Å². The number of sulfonamides is 1. The Morgan fingerprint density at radius 1 is 0.667 bits per heavy atom. The number of nitrogens with zero attached hydrogens (tertiary/aromatic N) is 1. The summed E-state index contributed by atoms with van der Waals surface area (Å²) in [5.74, 6) is -0.997. The summed E-state index contributed by atoms with van der Waals surface area (Å²) in [6.07, 6.45) is 0.751. The van der Waals surface area contributed by atoms with Gasteiger partial charge in [-0.1, -0.05) is 79.7 Å². The highest BCUT2D eigenvalue weighted by Gasteiger charge is 2.33. The van der Waals surface area contributed by atoms with E-state index >= 15 is 0 Å². The van der Waals surface area contributed by atoms with Crippen molar-refractivity contribution in [1.82, 2.24) is 0 Å². The number of aryl methyl sites for hydroxylation is 1. The maximum atomic E-state index is 14.1. The molecule has 0 aliphatic rings. The van der Waals surface area contributed by atoms with Crippen LogP contribution < -0.4 is 9.04 Å². The molecule has 1 amide bonds. The predicted molar refractivity (Wildman–Crippen MR) is 152 cm³/mol. The maximum Gasteiger partial charge on any atom is 0.343 e. The fourth-order valence-electron chi connectivity index (χ4n) is 4.30. The Hall–Kier alpha value is -4.75. The zero-order valence-electron chi connectivity index (χ0n) is 21.2. The molecule has 0 atom stereocenters. The third-order valence-corrected chi connectivity index (χ3v) is 8.08. The van der Waals surface area contributed by atoms with E-state index in [1.54, 1.807) is 97.1 Å². The summed E-state index contributed by atoms with van der Waals surface area (Å²) in [7, 11) is -4.32. The van der Waals surface area contributed by atoms with Crippen LogP contribution in [0.2, 0.25) is 0 Å². The fourth-order valence-corrected chi connectivity index (χ4v) is 5.74. The Kier molecular flexibility index (Phi) is 7.25. The number of benzene rings is 5. The molecule has 0 spiro atoms. The quantitative estimate of drug-likeness (QED) is 0.172. The second-order valence-electron chi connectivity index (χ2n) is 8.82. The first-order chi connectivity index (χ1) is 18.9. The van der Waals surface area contributed by atoms with Crippen LogP contribution in [0, 0.1) is 0 Å². The molecule has 0 bridgehead atoms. The first-order valence-electron chi connectivity index (χ1n) is 12.4. The molecule has 194 valence electrons. The number of amides is 1. The molecule has 0 N–H and O–H groups in total. The van der Waals surface area contributed by atoms with Gasteiger partial charge in [-0.25, -0.2) is 13.2 Å². The second-order valence-corrected chi connectivity index (χ2v) is 10.6. The van der Waals surface area contributed by atoms with Gasteiger partial charge in [-0.3, -0.25) is 4.79 Å². The summed E-state index contributed by atoms with van der Waals surface area (Å²) in [5, 5.41) is 0.926. The van der Waals surface area contributed by atoms with Crippen LogP contribution in [0.25, 0.3) is 10.8 Å². The average molecular weight is 536 g/mol. The molecule has 0 saturated heterocycles. The van der Waals surface area contributed by atoms with Crippen molar-refractivity contribution in [2.24, 2.45) is 0 Å². The van der Waals surface area contributed by atoms with Crippen molar-refractivity contribution in [1.29, 1.82) is 0 Å². The fraction of sp³-hybridized carbons (Fsp3) is 0.0625. The molecule has 0 unspecified atom stereocenters. The highest BCUT2D eigenvalue weighted by Crippen LogP contribution is 2.37. The van der Waals surface area contributed by atoms with E-state index in [4.69, 9.17) is 4.74 Å². The van der Waals surface area contributed by atoms with Gasteiger partial charge in [-0.2, -0.15) is 4.31 Å². The topological polar surface area (TPSA) is 80.8 Å². The number of carbonyl (C=O) groups excluding carboxylic acids is 2. The monoisotopic (exact) mass is 535 g/mol. The van der Waals surface area contributed by atoms with E-state index in [-0.39, 0.29) is 21.9 Å². The van der Waals surface area contributed by atoms with E-state index in [1.165, 1.54) is 24.3 Å². The van der Waals surface area contributed by atoms with Gasteiger partial charge in [0.25, 0.3) is 15.9 Å². The van der Waals surface area contributed by atoms with Crippen molar-refractivity contribution >= 4 is 38.4 Å². The molecular weight excluding hydrogens is 510 g/mol. The van der Waals surface area contributed by atoms with Gasteiger partial charge in [0, 0.05) is 16.3 Å². The molecular formula is C32H25NO5S. The first-order valence-corrected chi connectivity index (χ1v) is 13.9. The molecule has 0 heterocycles. The SMILES string of the molecule is CCc1ccc(S(=O)(=O)N(C(=O)c2ccccc2)c2ccc(OC(=O)c3ccccc3)c3ccccc23)cc1. The summed E-state index contributed by atoms with van der Waals surface area (Å²) in [4.78, 5) is 26.6. The Bertz CT molecular complexity index is 1750. The van der Waals surface area contributed by atoms with E-state index in [0.717, 1.165) is 16.3 Å². The number of anilines is 1. The van der Waals surface area contributed by atoms with Crippen LogP contribution in [0.15, 0.2) is 126 Å². The number of hydrogen-bond donors (Lipinski definition) is 0. The minimum Gasteiger partial charge on any atom is -0.422 e. The molecule has 0 fully saturated rings. The van der Waals surface area contributed by atoms with Crippen molar-refractivity contribution < 1.29 is 22.7 Å². The smallest absolute Gasteiger partial charge is 0.343 e. The molecule has 0 radical (unpaired) electrons. The molecule has 0 aliphatic heterocycles. The van der Waals surface area contributed by atoms with Gasteiger partial charge >= 0.3 is 5.97 Å². The third-order valence-electron chi connectivity index (χ3n) is 6.37.